The van der Waals surface area contributed by atoms with Crippen LogP contribution in [0, 0.1) is 0 Å². The molecule has 7 heavy (non-hydrogen) atoms. The summed E-state index contributed by atoms with van der Waals surface area (Å²) in [6.07, 6.45) is 0. The second-order valence-corrected chi connectivity index (χ2v) is 3.54. The van der Waals surface area contributed by atoms with Crippen LogP contribution in [-0.4, -0.2) is 35.5 Å². The maximum atomic E-state index is 2.47. The molecule has 0 radical (unpaired) electrons. The molecule has 3 heteroatoms. The molecule has 0 aliphatic carbocycles. The van der Waals surface area contributed by atoms with Crippen LogP contribution in [0.25, 0.3) is 0 Å². The van der Waals surface area contributed by atoms with Crippen LogP contribution in [0.3, 0.4) is 0 Å². The molecule has 2 aliphatic rings. The predicted octanol–water partition coefficient (Wildman–Crippen LogP) is 0.126. The van der Waals surface area contributed by atoms with Gasteiger partial charge in [-0.2, -0.15) is 0 Å². The van der Waals surface area contributed by atoms with E-state index in [1.54, 1.807) is 0 Å². The van der Waals surface area contributed by atoms with E-state index >= 15 is 0 Å². The van der Waals surface area contributed by atoms with Crippen LogP contribution < -0.4 is 0 Å². The van der Waals surface area contributed by atoms with Gasteiger partial charge in [-0.05, 0) is 0 Å². The maximum absolute atomic E-state index is 2.47. The Labute approximate surface area is 45.4 Å². The molecule has 0 aromatic heterocycles. The maximum Gasteiger partial charge on any atom is 0.0242 e. The van der Waals surface area contributed by atoms with E-state index in [9.17, 15) is 0 Å². The standard InChI is InChI=1S/C4H9N2P/c1-2-5(1)7-6-3-4-6/h7H,1-4H2. The van der Waals surface area contributed by atoms with Gasteiger partial charge in [0.1, 0.15) is 0 Å². The van der Waals surface area contributed by atoms with Crippen molar-refractivity contribution in [3.8, 4) is 0 Å². The van der Waals surface area contributed by atoms with Gasteiger partial charge in [0.2, 0.25) is 0 Å². The third-order valence-electron chi connectivity index (χ3n) is 1.18. The molecule has 0 saturated carbocycles. The van der Waals surface area contributed by atoms with Gasteiger partial charge in [-0.1, -0.05) is 0 Å². The van der Waals surface area contributed by atoms with Crippen LogP contribution in [0.2, 0.25) is 0 Å². The van der Waals surface area contributed by atoms with E-state index in [0.29, 0.717) is 0 Å². The Kier molecular flexibility index (Phi) is 0.857. The number of hydrogen-bond acceptors (Lipinski definition) is 2. The molecular formula is C4H9N2P. The number of rotatable bonds is 2. The molecular weight excluding hydrogens is 107 g/mol. The van der Waals surface area contributed by atoms with Crippen LogP contribution in [0.15, 0.2) is 0 Å². The first kappa shape index (κ1) is 4.25. The summed E-state index contributed by atoms with van der Waals surface area (Å²) < 4.78 is 4.93. The molecule has 2 rings (SSSR count). The molecule has 0 aromatic rings. The first-order chi connectivity index (χ1) is 3.45. The van der Waals surface area contributed by atoms with Crippen molar-refractivity contribution in [3.05, 3.63) is 0 Å². The van der Waals surface area contributed by atoms with E-state index in [2.05, 4.69) is 9.34 Å². The Morgan fingerprint density at radius 1 is 0.857 bits per heavy atom. The summed E-state index contributed by atoms with van der Waals surface area (Å²) >= 11 is 0. The highest BCUT2D eigenvalue weighted by molar-refractivity contribution is 7.33. The minimum Gasteiger partial charge on any atom is -0.270 e. The molecule has 2 heterocycles. The monoisotopic (exact) mass is 116 g/mol. The average Bonchev–Trinajstić information content (AvgIpc) is 2.33. The highest BCUT2D eigenvalue weighted by Crippen LogP contribution is 2.34. The van der Waals surface area contributed by atoms with Crippen molar-refractivity contribution in [2.24, 2.45) is 0 Å². The third-order valence-corrected chi connectivity index (χ3v) is 2.64. The van der Waals surface area contributed by atoms with Crippen LogP contribution in [-0.2, 0) is 0 Å². The number of hydrogen-bond donors (Lipinski definition) is 0. The first-order valence-electron chi connectivity index (χ1n) is 2.71. The van der Waals surface area contributed by atoms with Gasteiger partial charge in [-0.25, -0.2) is 0 Å². The smallest absolute Gasteiger partial charge is 0.0242 e. The zero-order valence-electron chi connectivity index (χ0n) is 4.22. The lowest BCUT2D eigenvalue weighted by atomic mass is 11.0. The molecule has 0 aromatic carbocycles. The fourth-order valence-corrected chi connectivity index (χ4v) is 1.50. The molecule has 2 saturated heterocycles. The summed E-state index contributed by atoms with van der Waals surface area (Å²) in [4.78, 5) is 0. The number of nitrogens with zero attached hydrogens (tertiary/aromatic N) is 2. The zero-order chi connectivity index (χ0) is 4.69. The molecule has 0 bridgehead atoms. The molecule has 0 unspecified atom stereocenters. The van der Waals surface area contributed by atoms with Crippen LogP contribution in [0.5, 0.6) is 0 Å². The van der Waals surface area contributed by atoms with E-state index in [0.717, 1.165) is 8.88 Å². The lowest BCUT2D eigenvalue weighted by Gasteiger charge is -1.95. The summed E-state index contributed by atoms with van der Waals surface area (Å²) in [6.45, 7) is 5.42. The molecule has 0 atom stereocenters. The van der Waals surface area contributed by atoms with E-state index < -0.39 is 0 Å². The predicted molar refractivity (Wildman–Crippen MR) is 31.5 cm³/mol. The van der Waals surface area contributed by atoms with Gasteiger partial charge in [0.15, 0.2) is 0 Å². The lowest BCUT2D eigenvalue weighted by Crippen LogP contribution is -1.82. The molecule has 0 amide bonds. The summed E-state index contributed by atoms with van der Waals surface area (Å²) in [5, 5.41) is 0. The van der Waals surface area contributed by atoms with Crippen LogP contribution in [0.1, 0.15) is 0 Å². The van der Waals surface area contributed by atoms with Crippen molar-refractivity contribution in [3.63, 3.8) is 0 Å². The first-order valence-corrected chi connectivity index (χ1v) is 3.61. The van der Waals surface area contributed by atoms with Gasteiger partial charge in [-0.3, -0.25) is 9.34 Å². The van der Waals surface area contributed by atoms with Gasteiger partial charge in [0.05, 0.1) is 0 Å². The highest BCUT2D eigenvalue weighted by Gasteiger charge is 2.25. The van der Waals surface area contributed by atoms with E-state index in [1.807, 2.05) is 0 Å². The van der Waals surface area contributed by atoms with Gasteiger partial charge in [0.25, 0.3) is 0 Å². The summed E-state index contributed by atoms with van der Waals surface area (Å²) in [7, 11) is 1.03. The quantitative estimate of drug-likeness (QED) is 0.373. The lowest BCUT2D eigenvalue weighted by molar-refractivity contribution is 0.828. The topological polar surface area (TPSA) is 6.02 Å². The molecule has 0 N–H and O–H groups in total. The second-order valence-electron chi connectivity index (χ2n) is 2.07. The average molecular weight is 116 g/mol. The third kappa shape index (κ3) is 1.12. The van der Waals surface area contributed by atoms with Crippen molar-refractivity contribution < 1.29 is 0 Å². The van der Waals surface area contributed by atoms with E-state index in [4.69, 9.17) is 0 Å². The van der Waals surface area contributed by atoms with Gasteiger partial charge >= 0.3 is 0 Å². The minimum atomic E-state index is 1.03. The Morgan fingerprint density at radius 3 is 1.57 bits per heavy atom. The second kappa shape index (κ2) is 1.41. The van der Waals surface area contributed by atoms with Gasteiger partial charge in [0, 0.05) is 35.1 Å². The van der Waals surface area contributed by atoms with Crippen molar-refractivity contribution in [1.82, 2.24) is 9.34 Å². The summed E-state index contributed by atoms with van der Waals surface area (Å²) in [6, 6.07) is 0. The van der Waals surface area contributed by atoms with Crippen LogP contribution >= 0.6 is 8.88 Å². The zero-order valence-corrected chi connectivity index (χ0v) is 5.22. The minimum absolute atomic E-state index is 1.03. The van der Waals surface area contributed by atoms with E-state index in [-0.39, 0.29) is 0 Å². The summed E-state index contributed by atoms with van der Waals surface area (Å²) in [5.41, 5.74) is 0. The fourth-order valence-electron chi connectivity index (χ4n) is 0.500. The Morgan fingerprint density at radius 2 is 1.29 bits per heavy atom. The Hall–Kier alpha value is 0.350. The SMILES string of the molecule is C1CN1PN1CC1. The summed E-state index contributed by atoms with van der Waals surface area (Å²) in [5.74, 6) is 0. The molecule has 40 valence electrons. The molecule has 0 spiro atoms. The largest absolute Gasteiger partial charge is 0.270 e. The Balaban J connectivity index is 1.69. The fraction of sp³-hybridized carbons (Fsp3) is 1.00. The van der Waals surface area contributed by atoms with Crippen molar-refractivity contribution in [1.29, 1.82) is 0 Å². The van der Waals surface area contributed by atoms with Crippen molar-refractivity contribution >= 4 is 8.88 Å². The van der Waals surface area contributed by atoms with Gasteiger partial charge < -0.3 is 0 Å². The van der Waals surface area contributed by atoms with Crippen molar-refractivity contribution in [2.75, 3.05) is 26.2 Å². The van der Waals surface area contributed by atoms with Crippen LogP contribution in [0.4, 0.5) is 0 Å². The Bertz CT molecular complexity index is 67.8. The van der Waals surface area contributed by atoms with Gasteiger partial charge in [-0.15, -0.1) is 0 Å². The normalized spacial score (nSPS) is 30.9. The molecule has 2 fully saturated rings. The molecule has 2 aliphatic heterocycles. The van der Waals surface area contributed by atoms with Crippen molar-refractivity contribution in [2.45, 2.75) is 0 Å². The molecule has 2 nitrogen and oxygen atoms in total. The van der Waals surface area contributed by atoms with E-state index in [1.165, 1.54) is 26.2 Å². The highest BCUT2D eigenvalue weighted by atomic mass is 31.1.